The quantitative estimate of drug-likeness (QED) is 0.147. The minimum atomic E-state index is -0.852. The van der Waals surface area contributed by atoms with Gasteiger partial charge in [-0.15, -0.1) is 0 Å². The number of esters is 1. The van der Waals surface area contributed by atoms with Crippen molar-refractivity contribution in [1.82, 2.24) is 0 Å². The summed E-state index contributed by atoms with van der Waals surface area (Å²) >= 11 is 0. The number of ether oxygens (including phenoxy) is 2. The van der Waals surface area contributed by atoms with Gasteiger partial charge in [0.2, 0.25) is 0 Å². The Morgan fingerprint density at radius 3 is 2.30 bits per heavy atom. The first kappa shape index (κ1) is 35.9. The first-order valence-electron chi connectivity index (χ1n) is 14.9. The van der Waals surface area contributed by atoms with Crippen molar-refractivity contribution in [3.05, 3.63) is 36.0 Å². The maximum atomic E-state index is 11.6. The van der Waals surface area contributed by atoms with Crippen LogP contribution >= 0.6 is 0 Å². The first-order chi connectivity index (χ1) is 18.7. The Morgan fingerprint density at radius 1 is 1.05 bits per heavy atom. The second-order valence-corrected chi connectivity index (χ2v) is 12.1. The van der Waals surface area contributed by atoms with Crippen LogP contribution in [0.4, 0.5) is 4.79 Å². The minimum absolute atomic E-state index is 0.0924. The van der Waals surface area contributed by atoms with Crippen LogP contribution in [0, 0.1) is 35.5 Å². The van der Waals surface area contributed by atoms with E-state index in [4.69, 9.17) is 15.2 Å². The molecular weight excluding hydrogens is 510 g/mol. The van der Waals surface area contributed by atoms with Crippen LogP contribution < -0.4 is 5.73 Å². The van der Waals surface area contributed by atoms with Gasteiger partial charge >= 0.3 is 12.1 Å². The van der Waals surface area contributed by atoms with Gasteiger partial charge in [-0.25, -0.2) is 4.79 Å². The zero-order chi connectivity index (χ0) is 30.6. The number of aliphatic hydroxyl groups excluding tert-OH is 3. The molecule has 40 heavy (non-hydrogen) atoms. The van der Waals surface area contributed by atoms with Crippen LogP contribution in [-0.4, -0.2) is 57.9 Å². The molecular formula is C32H55NO7. The molecule has 8 heteroatoms. The van der Waals surface area contributed by atoms with E-state index >= 15 is 0 Å². The van der Waals surface area contributed by atoms with Gasteiger partial charge in [0.05, 0.1) is 18.3 Å². The predicted molar refractivity (Wildman–Crippen MR) is 158 cm³/mol. The van der Waals surface area contributed by atoms with Crippen LogP contribution in [0.2, 0.25) is 0 Å². The molecule has 1 rings (SSSR count). The van der Waals surface area contributed by atoms with E-state index in [2.05, 4.69) is 0 Å². The highest BCUT2D eigenvalue weighted by Crippen LogP contribution is 2.29. The Labute approximate surface area is 241 Å². The van der Waals surface area contributed by atoms with Crippen LogP contribution in [0.25, 0.3) is 0 Å². The van der Waals surface area contributed by atoms with Crippen LogP contribution in [0.3, 0.4) is 0 Å². The predicted octanol–water partition coefficient (Wildman–Crippen LogP) is 5.30. The SMILES string of the molecule is CC/C=C\[C@H](C)[C@H](OC(N)=O)[C@@H](C)[C@H](O)[C@@H](C)C/C(C)=C\[C@H](C)[C@@H](O)[C@@H](C)/C=C\[C@@H](O)C[C@@H]1OC(=O)CC[C@H]1C. The second-order valence-electron chi connectivity index (χ2n) is 12.1. The van der Waals surface area contributed by atoms with Gasteiger partial charge in [0, 0.05) is 36.5 Å². The number of aliphatic hydroxyl groups is 3. The summed E-state index contributed by atoms with van der Waals surface area (Å²) in [5.41, 5.74) is 6.36. The third kappa shape index (κ3) is 12.1. The zero-order valence-corrected chi connectivity index (χ0v) is 25.8. The molecule has 1 amide bonds. The Hall–Kier alpha value is -2.16. The smallest absolute Gasteiger partial charge is 0.404 e. The van der Waals surface area contributed by atoms with Gasteiger partial charge in [-0.1, -0.05) is 84.4 Å². The number of rotatable bonds is 16. The van der Waals surface area contributed by atoms with Crippen molar-refractivity contribution in [2.24, 2.45) is 41.2 Å². The van der Waals surface area contributed by atoms with E-state index in [0.29, 0.717) is 19.3 Å². The number of cyclic esters (lactones) is 1. The van der Waals surface area contributed by atoms with E-state index < -0.39 is 30.5 Å². The maximum absolute atomic E-state index is 11.6. The molecule has 0 aromatic heterocycles. The zero-order valence-electron chi connectivity index (χ0n) is 25.8. The van der Waals surface area contributed by atoms with E-state index in [9.17, 15) is 24.9 Å². The molecule has 0 bridgehead atoms. The van der Waals surface area contributed by atoms with Gasteiger partial charge in [0.15, 0.2) is 0 Å². The molecule has 0 aromatic carbocycles. The molecule has 0 aromatic rings. The Kier molecular flexibility index (Phi) is 15.8. The fourth-order valence-corrected chi connectivity index (χ4v) is 5.61. The number of allylic oxidation sites excluding steroid dienone is 2. The number of hydrogen-bond donors (Lipinski definition) is 4. The van der Waals surface area contributed by atoms with E-state index in [1.54, 1.807) is 6.08 Å². The number of carbonyl (C=O) groups is 2. The van der Waals surface area contributed by atoms with Crippen LogP contribution in [0.15, 0.2) is 36.0 Å². The van der Waals surface area contributed by atoms with Crippen molar-refractivity contribution in [3.8, 4) is 0 Å². The van der Waals surface area contributed by atoms with Crippen LogP contribution in [-0.2, 0) is 14.3 Å². The highest BCUT2D eigenvalue weighted by molar-refractivity contribution is 5.70. The molecule has 0 saturated carbocycles. The van der Waals surface area contributed by atoms with Crippen molar-refractivity contribution in [2.45, 2.75) is 118 Å². The third-order valence-corrected chi connectivity index (χ3v) is 8.19. The lowest BCUT2D eigenvalue weighted by Crippen LogP contribution is -2.41. The van der Waals surface area contributed by atoms with Gasteiger partial charge in [-0.05, 0) is 38.0 Å². The van der Waals surface area contributed by atoms with Gasteiger partial charge < -0.3 is 30.5 Å². The molecule has 0 unspecified atom stereocenters. The Balaban J connectivity index is 2.73. The standard InChI is InChI=1S/C32H55NO7/c1-9-10-11-22(5)31(40-32(33)38)25(8)30(37)24(7)17-19(2)16-23(6)29(36)21(4)12-14-26(34)18-27-20(3)13-15-28(35)39-27/h10-12,14,16,20-27,29-31,34,36-37H,9,13,15,17-18H2,1-8H3,(H2,33,38)/b11-10-,14-12-,19-16-/t20-,21+,22+,23+,24+,25+,26-,27+,29+,30-,31+/m1/s1. The van der Waals surface area contributed by atoms with Crippen molar-refractivity contribution in [2.75, 3.05) is 0 Å². The highest BCUT2D eigenvalue weighted by atomic mass is 16.6. The molecule has 1 aliphatic heterocycles. The van der Waals surface area contributed by atoms with Gasteiger partial charge in [0.25, 0.3) is 0 Å². The fraction of sp³-hybridized carbons (Fsp3) is 0.750. The molecule has 5 N–H and O–H groups in total. The van der Waals surface area contributed by atoms with Gasteiger partial charge in [-0.2, -0.15) is 0 Å². The molecule has 11 atom stereocenters. The first-order valence-corrected chi connectivity index (χ1v) is 14.9. The minimum Gasteiger partial charge on any atom is -0.462 e. The number of carbonyl (C=O) groups excluding carboxylic acids is 2. The largest absolute Gasteiger partial charge is 0.462 e. The third-order valence-electron chi connectivity index (χ3n) is 8.19. The summed E-state index contributed by atoms with van der Waals surface area (Å²) in [6, 6.07) is 0. The molecule has 1 aliphatic rings. The second kappa shape index (κ2) is 17.6. The van der Waals surface area contributed by atoms with E-state index in [0.717, 1.165) is 18.4 Å². The van der Waals surface area contributed by atoms with E-state index in [1.807, 2.05) is 79.7 Å². The summed E-state index contributed by atoms with van der Waals surface area (Å²) in [4.78, 5) is 23.1. The van der Waals surface area contributed by atoms with E-state index in [1.165, 1.54) is 0 Å². The number of hydrogen-bond acceptors (Lipinski definition) is 7. The molecule has 8 nitrogen and oxygen atoms in total. The Morgan fingerprint density at radius 2 is 1.70 bits per heavy atom. The number of nitrogens with two attached hydrogens (primary N) is 1. The summed E-state index contributed by atoms with van der Waals surface area (Å²) < 4.78 is 10.8. The topological polar surface area (TPSA) is 139 Å². The molecule has 1 saturated heterocycles. The summed E-state index contributed by atoms with van der Waals surface area (Å²) in [5, 5.41) is 32.5. The summed E-state index contributed by atoms with van der Waals surface area (Å²) in [5.74, 6) is -0.885. The normalized spacial score (nSPS) is 25.5. The molecule has 230 valence electrons. The van der Waals surface area contributed by atoms with E-state index in [-0.39, 0.29) is 47.6 Å². The fourth-order valence-electron chi connectivity index (χ4n) is 5.61. The Bertz CT molecular complexity index is 869. The van der Waals surface area contributed by atoms with Crippen molar-refractivity contribution >= 4 is 12.1 Å². The average Bonchev–Trinajstić information content (AvgIpc) is 2.89. The van der Waals surface area contributed by atoms with Gasteiger partial charge in [-0.3, -0.25) is 4.79 Å². The van der Waals surface area contributed by atoms with Crippen molar-refractivity contribution in [3.63, 3.8) is 0 Å². The number of amides is 1. The maximum Gasteiger partial charge on any atom is 0.404 e. The molecule has 0 radical (unpaired) electrons. The summed E-state index contributed by atoms with van der Waals surface area (Å²) in [6.45, 7) is 15.7. The molecule has 0 aliphatic carbocycles. The van der Waals surface area contributed by atoms with Crippen LogP contribution in [0.1, 0.15) is 87.5 Å². The lowest BCUT2D eigenvalue weighted by atomic mass is 9.81. The lowest BCUT2D eigenvalue weighted by molar-refractivity contribution is -0.159. The monoisotopic (exact) mass is 565 g/mol. The van der Waals surface area contributed by atoms with Gasteiger partial charge in [0.1, 0.15) is 12.2 Å². The van der Waals surface area contributed by atoms with Crippen molar-refractivity contribution < 1.29 is 34.4 Å². The lowest BCUT2D eigenvalue weighted by Gasteiger charge is -2.33. The molecule has 1 fully saturated rings. The molecule has 0 spiro atoms. The number of primary amides is 1. The van der Waals surface area contributed by atoms with Crippen molar-refractivity contribution in [1.29, 1.82) is 0 Å². The average molecular weight is 566 g/mol. The molecule has 1 heterocycles. The van der Waals surface area contributed by atoms with Crippen LogP contribution in [0.5, 0.6) is 0 Å². The highest BCUT2D eigenvalue weighted by Gasteiger charge is 2.33. The summed E-state index contributed by atoms with van der Waals surface area (Å²) in [6.07, 6.45) is 8.68. The summed E-state index contributed by atoms with van der Waals surface area (Å²) in [7, 11) is 0.